The lowest BCUT2D eigenvalue weighted by molar-refractivity contribution is 0.0223. The van der Waals surface area contributed by atoms with Crippen molar-refractivity contribution in [2.75, 3.05) is 26.3 Å². The van der Waals surface area contributed by atoms with Crippen molar-refractivity contribution in [3.8, 4) is 0 Å². The molecule has 106 valence electrons. The lowest BCUT2D eigenvalue weighted by Gasteiger charge is -2.28. The Hall–Kier alpha value is -1.72. The number of benzene rings is 1. The first-order chi connectivity index (χ1) is 9.79. The zero-order valence-electron chi connectivity index (χ0n) is 11.7. The van der Waals surface area contributed by atoms with Gasteiger partial charge >= 0.3 is 0 Å². The Morgan fingerprint density at radius 2 is 2.00 bits per heavy atom. The number of fused-ring (bicyclic) bond motifs is 1. The average molecular weight is 273 g/mol. The van der Waals surface area contributed by atoms with E-state index < -0.39 is 0 Å². The monoisotopic (exact) mass is 273 g/mol. The normalized spacial score (nSPS) is 16.6. The lowest BCUT2D eigenvalue weighted by Crippen LogP contribution is -2.41. The quantitative estimate of drug-likeness (QED) is 0.844. The van der Waals surface area contributed by atoms with Gasteiger partial charge in [-0.2, -0.15) is 0 Å². The molecule has 1 aromatic carbocycles. The van der Waals surface area contributed by atoms with Crippen LogP contribution in [0.1, 0.15) is 12.7 Å². The molecular weight excluding hydrogens is 254 g/mol. The third-order valence-electron chi connectivity index (χ3n) is 3.70. The fraction of sp³-hybridized carbons (Fsp3) is 0.467. The van der Waals surface area contributed by atoms with Gasteiger partial charge in [-0.05, 0) is 12.1 Å². The summed E-state index contributed by atoms with van der Waals surface area (Å²) in [5, 5.41) is 0.693. The molecule has 0 N–H and O–H groups in total. The maximum absolute atomic E-state index is 12.6. The number of hydrogen-bond acceptors (Lipinski definition) is 4. The van der Waals surface area contributed by atoms with Crippen LogP contribution in [0, 0.1) is 0 Å². The van der Waals surface area contributed by atoms with Crippen molar-refractivity contribution < 1.29 is 4.74 Å². The van der Waals surface area contributed by atoms with Crippen molar-refractivity contribution >= 4 is 10.9 Å². The Morgan fingerprint density at radius 3 is 2.75 bits per heavy atom. The number of morpholine rings is 1. The molecular formula is C15H19N3O2. The fourth-order valence-electron chi connectivity index (χ4n) is 2.57. The van der Waals surface area contributed by atoms with Gasteiger partial charge in [0.05, 0.1) is 30.8 Å². The van der Waals surface area contributed by atoms with Gasteiger partial charge in [-0.15, -0.1) is 0 Å². The highest BCUT2D eigenvalue weighted by Gasteiger charge is 2.15. The van der Waals surface area contributed by atoms with E-state index in [0.717, 1.165) is 44.1 Å². The van der Waals surface area contributed by atoms with E-state index in [4.69, 9.17) is 4.74 Å². The van der Waals surface area contributed by atoms with Crippen LogP contribution < -0.4 is 5.56 Å². The second kappa shape index (κ2) is 5.73. The van der Waals surface area contributed by atoms with E-state index in [9.17, 15) is 4.79 Å². The molecule has 1 aliphatic rings. The molecule has 0 amide bonds. The van der Waals surface area contributed by atoms with Gasteiger partial charge in [0.15, 0.2) is 0 Å². The second-order valence-electron chi connectivity index (χ2n) is 5.00. The molecule has 5 nitrogen and oxygen atoms in total. The molecule has 0 saturated carbocycles. The number of nitrogens with zero attached hydrogens (tertiary/aromatic N) is 3. The van der Waals surface area contributed by atoms with Gasteiger partial charge < -0.3 is 4.74 Å². The molecule has 0 radical (unpaired) electrons. The van der Waals surface area contributed by atoms with Crippen molar-refractivity contribution in [2.45, 2.75) is 20.0 Å². The SMILES string of the molecule is CCc1nc2ccccc2c(=O)n1CN1CCOCC1. The van der Waals surface area contributed by atoms with E-state index in [1.807, 2.05) is 31.2 Å². The van der Waals surface area contributed by atoms with E-state index >= 15 is 0 Å². The first-order valence-corrected chi connectivity index (χ1v) is 7.08. The van der Waals surface area contributed by atoms with Crippen LogP contribution in [0.3, 0.4) is 0 Å². The van der Waals surface area contributed by atoms with Gasteiger partial charge in [-0.3, -0.25) is 14.3 Å². The van der Waals surface area contributed by atoms with Gasteiger partial charge in [0.25, 0.3) is 5.56 Å². The van der Waals surface area contributed by atoms with E-state index in [1.54, 1.807) is 4.57 Å². The summed E-state index contributed by atoms with van der Waals surface area (Å²) in [4.78, 5) is 19.5. The van der Waals surface area contributed by atoms with Gasteiger partial charge in [0.1, 0.15) is 5.82 Å². The summed E-state index contributed by atoms with van der Waals surface area (Å²) in [6.07, 6.45) is 0.754. The number of rotatable bonds is 3. The van der Waals surface area contributed by atoms with Gasteiger partial charge in [0.2, 0.25) is 0 Å². The topological polar surface area (TPSA) is 47.4 Å². The van der Waals surface area contributed by atoms with Crippen LogP contribution in [-0.4, -0.2) is 40.8 Å². The summed E-state index contributed by atoms with van der Waals surface area (Å²) in [7, 11) is 0. The van der Waals surface area contributed by atoms with Crippen LogP contribution in [0.5, 0.6) is 0 Å². The van der Waals surface area contributed by atoms with Gasteiger partial charge in [0, 0.05) is 19.5 Å². The average Bonchev–Trinajstić information content (AvgIpc) is 2.51. The maximum atomic E-state index is 12.6. The number of para-hydroxylation sites is 1. The van der Waals surface area contributed by atoms with Crippen molar-refractivity contribution in [1.29, 1.82) is 0 Å². The number of aryl methyl sites for hydroxylation is 1. The highest BCUT2D eigenvalue weighted by molar-refractivity contribution is 5.77. The van der Waals surface area contributed by atoms with Gasteiger partial charge in [-0.1, -0.05) is 19.1 Å². The Kier molecular flexibility index (Phi) is 3.80. The Bertz CT molecular complexity index is 660. The molecule has 5 heteroatoms. The molecule has 1 saturated heterocycles. The second-order valence-corrected chi connectivity index (χ2v) is 5.00. The Balaban J connectivity index is 2.03. The molecule has 1 aromatic heterocycles. The minimum Gasteiger partial charge on any atom is -0.379 e. The molecule has 0 atom stereocenters. The van der Waals surface area contributed by atoms with Crippen molar-refractivity contribution in [3.63, 3.8) is 0 Å². The number of hydrogen-bond donors (Lipinski definition) is 0. The first-order valence-electron chi connectivity index (χ1n) is 7.08. The largest absolute Gasteiger partial charge is 0.379 e. The van der Waals surface area contributed by atoms with E-state index in [-0.39, 0.29) is 5.56 Å². The third kappa shape index (κ3) is 2.46. The molecule has 0 bridgehead atoms. The van der Waals surface area contributed by atoms with Crippen LogP contribution in [0.2, 0.25) is 0 Å². The standard InChI is InChI=1S/C15H19N3O2/c1-2-14-16-13-6-4-3-5-12(13)15(19)18(14)11-17-7-9-20-10-8-17/h3-6H,2,7-11H2,1H3. The minimum absolute atomic E-state index is 0.0546. The molecule has 2 heterocycles. The van der Waals surface area contributed by atoms with Crippen LogP contribution in [-0.2, 0) is 17.8 Å². The van der Waals surface area contributed by atoms with Crippen LogP contribution in [0.15, 0.2) is 29.1 Å². The van der Waals surface area contributed by atoms with Crippen molar-refractivity contribution in [1.82, 2.24) is 14.5 Å². The molecule has 2 aromatic rings. The Morgan fingerprint density at radius 1 is 1.25 bits per heavy atom. The Labute approximate surface area is 117 Å². The summed E-state index contributed by atoms with van der Waals surface area (Å²) >= 11 is 0. The minimum atomic E-state index is 0.0546. The zero-order valence-corrected chi connectivity index (χ0v) is 11.7. The van der Waals surface area contributed by atoms with E-state index in [2.05, 4.69) is 9.88 Å². The highest BCUT2D eigenvalue weighted by atomic mass is 16.5. The molecule has 1 fully saturated rings. The zero-order chi connectivity index (χ0) is 13.9. The smallest absolute Gasteiger partial charge is 0.262 e. The van der Waals surface area contributed by atoms with E-state index in [1.165, 1.54) is 0 Å². The molecule has 0 unspecified atom stereocenters. The van der Waals surface area contributed by atoms with Gasteiger partial charge in [-0.25, -0.2) is 4.98 Å². The summed E-state index contributed by atoms with van der Waals surface area (Å²) < 4.78 is 7.15. The van der Waals surface area contributed by atoms with Crippen LogP contribution in [0.4, 0.5) is 0 Å². The van der Waals surface area contributed by atoms with Crippen molar-refractivity contribution in [2.24, 2.45) is 0 Å². The summed E-state index contributed by atoms with van der Waals surface area (Å²) in [6.45, 7) is 5.83. The molecule has 0 spiro atoms. The van der Waals surface area contributed by atoms with Crippen molar-refractivity contribution in [3.05, 3.63) is 40.4 Å². The molecule has 20 heavy (non-hydrogen) atoms. The highest BCUT2D eigenvalue weighted by Crippen LogP contribution is 2.09. The maximum Gasteiger partial charge on any atom is 0.262 e. The predicted molar refractivity (Wildman–Crippen MR) is 77.8 cm³/mol. The summed E-state index contributed by atoms with van der Waals surface area (Å²) in [5.74, 6) is 0.847. The third-order valence-corrected chi connectivity index (χ3v) is 3.70. The predicted octanol–water partition coefficient (Wildman–Crippen LogP) is 1.25. The molecule has 1 aliphatic heterocycles. The summed E-state index contributed by atoms with van der Waals surface area (Å²) in [5.41, 5.74) is 0.839. The lowest BCUT2D eigenvalue weighted by atomic mass is 10.2. The van der Waals surface area contributed by atoms with E-state index in [0.29, 0.717) is 12.1 Å². The number of aromatic nitrogens is 2. The summed E-state index contributed by atoms with van der Waals surface area (Å²) in [6, 6.07) is 7.55. The molecule has 3 rings (SSSR count). The van der Waals surface area contributed by atoms with Crippen LogP contribution in [0.25, 0.3) is 10.9 Å². The first kappa shape index (κ1) is 13.3. The fourth-order valence-corrected chi connectivity index (χ4v) is 2.57. The van der Waals surface area contributed by atoms with Crippen LogP contribution >= 0.6 is 0 Å². The molecule has 0 aliphatic carbocycles. The number of ether oxygens (including phenoxy) is 1.